The molecule has 1 atom stereocenters. The van der Waals surface area contributed by atoms with Crippen molar-refractivity contribution < 1.29 is 17.9 Å². The van der Waals surface area contributed by atoms with E-state index in [0.717, 1.165) is 29.9 Å². The van der Waals surface area contributed by atoms with Crippen molar-refractivity contribution in [1.29, 1.82) is 0 Å². The van der Waals surface area contributed by atoms with Crippen LogP contribution in [0.3, 0.4) is 0 Å². The number of carbonyl (C=O) groups is 1. The van der Waals surface area contributed by atoms with Gasteiger partial charge in [0.1, 0.15) is 5.75 Å². The fourth-order valence-electron chi connectivity index (χ4n) is 4.12. The molecule has 0 spiro atoms. The van der Waals surface area contributed by atoms with Gasteiger partial charge in [-0.1, -0.05) is 42.0 Å². The molecular weight excluding hydrogens is 462 g/mol. The minimum Gasteiger partial charge on any atom is -0.476 e. The van der Waals surface area contributed by atoms with Gasteiger partial charge >= 0.3 is 0 Å². The van der Waals surface area contributed by atoms with E-state index in [1.54, 1.807) is 48.5 Å². The zero-order valence-corrected chi connectivity index (χ0v) is 21.1. The van der Waals surface area contributed by atoms with Gasteiger partial charge in [-0.05, 0) is 62.7 Å². The molecule has 3 aromatic rings. The molecule has 8 heteroatoms. The predicted octanol–water partition coefficient (Wildman–Crippen LogP) is 4.11. The Kier molecular flexibility index (Phi) is 7.31. The van der Waals surface area contributed by atoms with Gasteiger partial charge in [-0.25, -0.2) is 8.42 Å². The monoisotopic (exact) mass is 493 g/mol. The average molecular weight is 494 g/mol. The molecular formula is C27H31N3O4S. The molecule has 1 aliphatic heterocycles. The largest absolute Gasteiger partial charge is 0.476 e. The summed E-state index contributed by atoms with van der Waals surface area (Å²) in [5.41, 5.74) is 3.47. The molecule has 3 aromatic carbocycles. The third kappa shape index (κ3) is 5.27. The van der Waals surface area contributed by atoms with Crippen LogP contribution in [0.2, 0.25) is 0 Å². The Bertz CT molecular complexity index is 1270. The minimum absolute atomic E-state index is 0.111. The fraction of sp³-hybridized carbons (Fsp3) is 0.296. The maximum Gasteiger partial charge on any atom is 0.264 e. The lowest BCUT2D eigenvalue weighted by Gasteiger charge is -2.34. The number of amides is 1. The maximum atomic E-state index is 13.5. The molecule has 0 bridgehead atoms. The van der Waals surface area contributed by atoms with E-state index >= 15 is 0 Å². The van der Waals surface area contributed by atoms with Gasteiger partial charge < -0.3 is 15.0 Å². The molecule has 1 N–H and O–H groups in total. The molecule has 35 heavy (non-hydrogen) atoms. The second-order valence-electron chi connectivity index (χ2n) is 8.48. The molecule has 0 saturated carbocycles. The highest BCUT2D eigenvalue weighted by atomic mass is 32.2. The van der Waals surface area contributed by atoms with E-state index in [9.17, 15) is 13.2 Å². The second-order valence-corrected chi connectivity index (χ2v) is 10.3. The first kappa shape index (κ1) is 24.6. The number of anilines is 2. The summed E-state index contributed by atoms with van der Waals surface area (Å²) in [7, 11) is -3.88. The number of rotatable bonds is 8. The summed E-state index contributed by atoms with van der Waals surface area (Å²) in [5, 5.41) is 2.90. The summed E-state index contributed by atoms with van der Waals surface area (Å²) in [6, 6.07) is 21.6. The number of sulfonamides is 1. The van der Waals surface area contributed by atoms with Gasteiger partial charge in [0, 0.05) is 25.3 Å². The highest BCUT2D eigenvalue weighted by Crippen LogP contribution is 2.36. The van der Waals surface area contributed by atoms with E-state index in [1.165, 1.54) is 4.31 Å². The normalized spacial score (nSPS) is 15.2. The molecule has 1 aliphatic rings. The number of aryl methyl sites for hydroxylation is 1. The quantitative estimate of drug-likeness (QED) is 0.511. The van der Waals surface area contributed by atoms with Crippen molar-refractivity contribution >= 4 is 27.3 Å². The summed E-state index contributed by atoms with van der Waals surface area (Å²) >= 11 is 0. The van der Waals surface area contributed by atoms with Gasteiger partial charge in [-0.2, -0.15) is 0 Å². The standard InChI is InChI=1S/C27H31N3O4S/c1-4-29(5-2)22-14-12-21(13-15-22)18-28-27(31)26-19-30(24-8-6-7-9-25(24)34-26)35(32,33)23-16-10-20(3)11-17-23/h6-17,26H,4-5,18-19H2,1-3H3,(H,28,31)/t26-/m0/s1. The smallest absolute Gasteiger partial charge is 0.264 e. The molecule has 4 rings (SSSR count). The molecule has 0 unspecified atom stereocenters. The molecule has 1 amide bonds. The minimum atomic E-state index is -3.88. The summed E-state index contributed by atoms with van der Waals surface area (Å²) in [4.78, 5) is 15.5. The lowest BCUT2D eigenvalue weighted by atomic mass is 10.1. The first-order valence-corrected chi connectivity index (χ1v) is 13.2. The van der Waals surface area contributed by atoms with E-state index in [-0.39, 0.29) is 17.3 Å². The van der Waals surface area contributed by atoms with Crippen LogP contribution in [-0.2, 0) is 21.4 Å². The number of nitrogens with one attached hydrogen (secondary N) is 1. The molecule has 0 saturated heterocycles. The van der Waals surface area contributed by atoms with Crippen molar-refractivity contribution in [3.8, 4) is 5.75 Å². The van der Waals surface area contributed by atoms with Crippen molar-refractivity contribution in [2.24, 2.45) is 0 Å². The number of hydrogen-bond acceptors (Lipinski definition) is 5. The molecule has 0 fully saturated rings. The summed E-state index contributed by atoms with van der Waals surface area (Å²) < 4.78 is 34.1. The molecule has 184 valence electrons. The number of fused-ring (bicyclic) bond motifs is 1. The average Bonchev–Trinajstić information content (AvgIpc) is 2.88. The van der Waals surface area contributed by atoms with Gasteiger partial charge in [0.25, 0.3) is 15.9 Å². The fourth-order valence-corrected chi connectivity index (χ4v) is 5.60. The number of carbonyl (C=O) groups excluding carboxylic acids is 1. The number of benzene rings is 3. The van der Waals surface area contributed by atoms with E-state index in [1.807, 2.05) is 31.2 Å². The molecule has 0 radical (unpaired) electrons. The van der Waals surface area contributed by atoms with Crippen molar-refractivity contribution in [2.45, 2.75) is 38.3 Å². The number of hydrogen-bond donors (Lipinski definition) is 1. The topological polar surface area (TPSA) is 79.0 Å². The molecule has 0 aromatic heterocycles. The van der Waals surface area contributed by atoms with Crippen LogP contribution >= 0.6 is 0 Å². The van der Waals surface area contributed by atoms with Crippen LogP contribution in [0.15, 0.2) is 77.7 Å². The molecule has 7 nitrogen and oxygen atoms in total. The predicted molar refractivity (Wildman–Crippen MR) is 138 cm³/mol. The van der Waals surface area contributed by atoms with Crippen LogP contribution in [-0.4, -0.2) is 40.1 Å². The van der Waals surface area contributed by atoms with Gasteiger partial charge in [0.05, 0.1) is 17.1 Å². The first-order valence-electron chi connectivity index (χ1n) is 11.8. The van der Waals surface area contributed by atoms with Crippen LogP contribution in [0, 0.1) is 6.92 Å². The highest BCUT2D eigenvalue weighted by Gasteiger charge is 2.37. The SMILES string of the molecule is CCN(CC)c1ccc(CNC(=O)[C@@H]2CN(S(=O)(=O)c3ccc(C)cc3)c3ccccc3O2)cc1. The zero-order chi connectivity index (χ0) is 25.0. The van der Waals surface area contributed by atoms with E-state index < -0.39 is 16.1 Å². The van der Waals surface area contributed by atoms with Crippen LogP contribution < -0.4 is 19.3 Å². The van der Waals surface area contributed by atoms with E-state index in [2.05, 4.69) is 24.1 Å². The van der Waals surface area contributed by atoms with Gasteiger partial charge in [0.15, 0.2) is 6.10 Å². The van der Waals surface area contributed by atoms with Crippen LogP contribution in [0.1, 0.15) is 25.0 Å². The van der Waals surface area contributed by atoms with Crippen LogP contribution in [0.4, 0.5) is 11.4 Å². The Labute approximate surface area is 207 Å². The molecule has 0 aliphatic carbocycles. The van der Waals surface area contributed by atoms with E-state index in [0.29, 0.717) is 18.0 Å². The third-order valence-corrected chi connectivity index (χ3v) is 7.96. The van der Waals surface area contributed by atoms with Crippen LogP contribution in [0.25, 0.3) is 0 Å². The lowest BCUT2D eigenvalue weighted by molar-refractivity contribution is -0.127. The Hall–Kier alpha value is -3.52. The Morgan fingerprint density at radius 1 is 1.00 bits per heavy atom. The van der Waals surface area contributed by atoms with Gasteiger partial charge in [-0.3, -0.25) is 9.10 Å². The van der Waals surface area contributed by atoms with Crippen LogP contribution in [0.5, 0.6) is 5.75 Å². The number of para-hydroxylation sites is 2. The summed E-state index contributed by atoms with van der Waals surface area (Å²) in [6.45, 7) is 8.19. The molecule has 1 heterocycles. The third-order valence-electron chi connectivity index (χ3n) is 6.17. The van der Waals surface area contributed by atoms with Gasteiger partial charge in [-0.15, -0.1) is 0 Å². The maximum absolute atomic E-state index is 13.5. The second kappa shape index (κ2) is 10.4. The number of ether oxygens (including phenoxy) is 1. The van der Waals surface area contributed by atoms with Crippen molar-refractivity contribution in [1.82, 2.24) is 5.32 Å². The van der Waals surface area contributed by atoms with Crippen molar-refractivity contribution in [3.63, 3.8) is 0 Å². The van der Waals surface area contributed by atoms with Crippen molar-refractivity contribution in [2.75, 3.05) is 28.8 Å². The summed E-state index contributed by atoms with van der Waals surface area (Å²) in [5.74, 6) is -0.00501. The Morgan fingerprint density at radius 3 is 2.31 bits per heavy atom. The summed E-state index contributed by atoms with van der Waals surface area (Å²) in [6.07, 6.45) is -0.972. The van der Waals surface area contributed by atoms with Gasteiger partial charge in [0.2, 0.25) is 0 Å². The van der Waals surface area contributed by atoms with Crippen molar-refractivity contribution in [3.05, 3.63) is 83.9 Å². The Morgan fingerprint density at radius 2 is 1.66 bits per heavy atom. The highest BCUT2D eigenvalue weighted by molar-refractivity contribution is 7.92. The lowest BCUT2D eigenvalue weighted by Crippen LogP contribution is -2.50. The first-order chi connectivity index (χ1) is 16.8. The zero-order valence-electron chi connectivity index (χ0n) is 20.3. The number of nitrogens with zero attached hydrogens (tertiary/aromatic N) is 2. The Balaban J connectivity index is 1.51. The van der Waals surface area contributed by atoms with E-state index in [4.69, 9.17) is 4.74 Å².